The van der Waals surface area contributed by atoms with E-state index in [9.17, 15) is 23.9 Å². The Hall–Kier alpha value is -2.77. The van der Waals surface area contributed by atoms with Crippen molar-refractivity contribution in [2.45, 2.75) is 31.7 Å². The molecule has 8 heteroatoms. The number of carboxylic acid groups (broad SMARTS) is 1. The number of likely N-dealkylation sites (tertiary alicyclic amines) is 1. The molecule has 1 aromatic carbocycles. The number of nitrogens with one attached hydrogen (secondary N) is 1. The lowest BCUT2D eigenvalue weighted by Crippen LogP contribution is -2.47. The molecule has 1 saturated carbocycles. The van der Waals surface area contributed by atoms with E-state index in [0.717, 1.165) is 11.3 Å². The summed E-state index contributed by atoms with van der Waals surface area (Å²) in [6.07, 6.45) is 1.93. The van der Waals surface area contributed by atoms with Gasteiger partial charge in [-0.05, 0) is 31.0 Å². The Morgan fingerprint density at radius 2 is 2.00 bits per heavy atom. The quantitative estimate of drug-likeness (QED) is 0.817. The fourth-order valence-corrected chi connectivity index (χ4v) is 3.93. The van der Waals surface area contributed by atoms with Crippen molar-refractivity contribution in [3.63, 3.8) is 0 Å². The van der Waals surface area contributed by atoms with Gasteiger partial charge in [0, 0.05) is 6.42 Å². The minimum Gasteiger partial charge on any atom is -0.480 e. The van der Waals surface area contributed by atoms with Crippen LogP contribution in [0.1, 0.15) is 25.1 Å². The van der Waals surface area contributed by atoms with Crippen LogP contribution < -0.4 is 0 Å². The van der Waals surface area contributed by atoms with Crippen LogP contribution in [-0.4, -0.2) is 43.8 Å². The number of rotatable bonds is 4. The Labute approximate surface area is 141 Å². The van der Waals surface area contributed by atoms with Gasteiger partial charge in [-0.3, -0.25) is 14.5 Å². The fraction of sp³-hybridized carbons (Fsp3) is 0.412. The molecular weight excluding hydrogens is 329 g/mol. The van der Waals surface area contributed by atoms with Crippen molar-refractivity contribution in [1.29, 1.82) is 0 Å². The highest BCUT2D eigenvalue weighted by Crippen LogP contribution is 2.40. The average molecular weight is 345 g/mol. The van der Waals surface area contributed by atoms with E-state index in [1.165, 1.54) is 18.2 Å². The summed E-state index contributed by atoms with van der Waals surface area (Å²) < 4.78 is 13.3. The largest absolute Gasteiger partial charge is 0.480 e. The van der Waals surface area contributed by atoms with Crippen molar-refractivity contribution in [3.05, 3.63) is 29.8 Å². The number of amides is 2. The molecule has 130 valence electrons. The van der Waals surface area contributed by atoms with E-state index >= 15 is 0 Å². The maximum atomic E-state index is 13.3. The number of aromatic amines is 1. The molecule has 2 aliphatic rings. The molecule has 2 aromatic rings. The number of imidazole rings is 1. The average Bonchev–Trinajstić information content (AvgIpc) is 3.23. The number of fused-ring (bicyclic) bond motifs is 2. The normalized spacial score (nSPS) is 24.1. The van der Waals surface area contributed by atoms with Gasteiger partial charge in [-0.15, -0.1) is 0 Å². The number of carbonyl (C=O) groups excluding carboxylic acids is 2. The predicted molar refractivity (Wildman–Crippen MR) is 83.9 cm³/mol. The predicted octanol–water partition coefficient (Wildman–Crippen LogP) is 1.48. The van der Waals surface area contributed by atoms with Gasteiger partial charge in [0.05, 0.1) is 22.9 Å². The maximum Gasteiger partial charge on any atom is 0.327 e. The summed E-state index contributed by atoms with van der Waals surface area (Å²) in [4.78, 5) is 44.7. The Morgan fingerprint density at radius 3 is 2.64 bits per heavy atom. The van der Waals surface area contributed by atoms with Crippen LogP contribution in [0.4, 0.5) is 4.39 Å². The van der Waals surface area contributed by atoms with Crippen molar-refractivity contribution in [2.24, 2.45) is 11.8 Å². The summed E-state index contributed by atoms with van der Waals surface area (Å²) in [5.74, 6) is -2.98. The van der Waals surface area contributed by atoms with Crippen LogP contribution in [0.2, 0.25) is 0 Å². The van der Waals surface area contributed by atoms with Gasteiger partial charge >= 0.3 is 5.97 Å². The minimum atomic E-state index is -1.31. The monoisotopic (exact) mass is 345 g/mol. The van der Waals surface area contributed by atoms with Crippen molar-refractivity contribution < 1.29 is 23.9 Å². The molecule has 1 aliphatic heterocycles. The van der Waals surface area contributed by atoms with Crippen molar-refractivity contribution >= 4 is 28.8 Å². The number of aromatic nitrogens is 2. The smallest absolute Gasteiger partial charge is 0.327 e. The van der Waals surface area contributed by atoms with Gasteiger partial charge in [-0.25, -0.2) is 14.2 Å². The first-order chi connectivity index (χ1) is 12.0. The van der Waals surface area contributed by atoms with Crippen molar-refractivity contribution in [2.75, 3.05) is 0 Å². The maximum absolute atomic E-state index is 13.3. The molecule has 4 rings (SSSR count). The standard InChI is InChI=1S/C17H16FN3O4/c18-8-4-5-11-12(6-8)20-14(19-11)7-13(17(24)25)21-15(22)9-2-1-3-10(9)16(21)23/h4-6,9-10,13H,1-3,7H2,(H,19,20)(H,24,25)/t9-,10+,13-/m1/s1. The molecule has 0 spiro atoms. The lowest BCUT2D eigenvalue weighted by Gasteiger charge is -2.23. The number of H-pyrrole nitrogens is 1. The highest BCUT2D eigenvalue weighted by Gasteiger charge is 2.53. The zero-order valence-electron chi connectivity index (χ0n) is 13.2. The number of imide groups is 1. The number of hydrogen-bond acceptors (Lipinski definition) is 4. The fourth-order valence-electron chi connectivity index (χ4n) is 3.93. The third kappa shape index (κ3) is 2.48. The van der Waals surface area contributed by atoms with E-state index in [4.69, 9.17) is 0 Å². The van der Waals surface area contributed by atoms with E-state index in [1.54, 1.807) is 0 Å². The number of carboxylic acids is 1. The zero-order chi connectivity index (χ0) is 17.7. The second-order valence-corrected chi connectivity index (χ2v) is 6.59. The topological polar surface area (TPSA) is 103 Å². The molecular formula is C17H16FN3O4. The molecule has 0 radical (unpaired) electrons. The van der Waals surface area contributed by atoms with Gasteiger partial charge in [0.25, 0.3) is 0 Å². The summed E-state index contributed by atoms with van der Waals surface area (Å²) in [6.45, 7) is 0. The first-order valence-electron chi connectivity index (χ1n) is 8.19. The molecule has 2 fully saturated rings. The lowest BCUT2D eigenvalue weighted by atomic mass is 10.00. The van der Waals surface area contributed by atoms with Crippen LogP contribution in [0.25, 0.3) is 11.0 Å². The van der Waals surface area contributed by atoms with Gasteiger partial charge < -0.3 is 10.1 Å². The van der Waals surface area contributed by atoms with Crippen molar-refractivity contribution in [1.82, 2.24) is 14.9 Å². The number of hydrogen-bond donors (Lipinski definition) is 2. The Morgan fingerprint density at radius 1 is 1.32 bits per heavy atom. The zero-order valence-corrected chi connectivity index (χ0v) is 13.2. The van der Waals surface area contributed by atoms with Gasteiger partial charge in [-0.2, -0.15) is 0 Å². The molecule has 1 aliphatic carbocycles. The number of carbonyl (C=O) groups is 3. The second-order valence-electron chi connectivity index (χ2n) is 6.59. The van der Waals surface area contributed by atoms with Crippen LogP contribution in [0.3, 0.4) is 0 Å². The third-order valence-corrected chi connectivity index (χ3v) is 5.10. The molecule has 3 atom stereocenters. The molecule has 2 amide bonds. The summed E-state index contributed by atoms with van der Waals surface area (Å²) in [5, 5.41) is 9.56. The van der Waals surface area contributed by atoms with Gasteiger partial charge in [0.2, 0.25) is 11.8 Å². The molecule has 0 unspecified atom stereocenters. The third-order valence-electron chi connectivity index (χ3n) is 5.10. The Balaban J connectivity index is 1.64. The van der Waals surface area contributed by atoms with Gasteiger partial charge in [0.1, 0.15) is 17.7 Å². The van der Waals surface area contributed by atoms with Crippen LogP contribution in [-0.2, 0) is 20.8 Å². The van der Waals surface area contributed by atoms with E-state index < -0.39 is 29.6 Å². The minimum absolute atomic E-state index is 0.136. The SMILES string of the molecule is O=C(O)[C@@H](Cc1nc2ccc(F)cc2[nH]1)N1C(=O)[C@H]2CCC[C@H]2C1=O. The van der Waals surface area contributed by atoms with E-state index in [0.29, 0.717) is 29.7 Å². The molecule has 2 N–H and O–H groups in total. The molecule has 0 bridgehead atoms. The molecule has 25 heavy (non-hydrogen) atoms. The van der Waals surface area contributed by atoms with E-state index in [-0.39, 0.29) is 18.3 Å². The summed E-state index contributed by atoms with van der Waals surface area (Å²) in [6, 6.07) is 2.70. The number of nitrogens with zero attached hydrogens (tertiary/aromatic N) is 2. The summed E-state index contributed by atoms with van der Waals surface area (Å²) >= 11 is 0. The first-order valence-corrected chi connectivity index (χ1v) is 8.19. The van der Waals surface area contributed by atoms with Gasteiger partial charge in [0.15, 0.2) is 0 Å². The molecule has 2 heterocycles. The highest BCUT2D eigenvalue weighted by atomic mass is 19.1. The number of halogens is 1. The number of aliphatic carboxylic acids is 1. The van der Waals surface area contributed by atoms with Gasteiger partial charge in [-0.1, -0.05) is 6.42 Å². The number of benzene rings is 1. The van der Waals surface area contributed by atoms with E-state index in [2.05, 4.69) is 9.97 Å². The molecule has 1 saturated heterocycles. The van der Waals surface area contributed by atoms with Crippen LogP contribution in [0.5, 0.6) is 0 Å². The second kappa shape index (κ2) is 5.65. The summed E-state index contributed by atoms with van der Waals surface area (Å²) in [5.41, 5.74) is 0.937. The summed E-state index contributed by atoms with van der Waals surface area (Å²) in [7, 11) is 0. The Bertz CT molecular complexity index is 871. The lowest BCUT2D eigenvalue weighted by molar-refractivity contribution is -0.155. The molecule has 7 nitrogen and oxygen atoms in total. The van der Waals surface area contributed by atoms with Crippen molar-refractivity contribution in [3.8, 4) is 0 Å². The molecule has 1 aromatic heterocycles. The van der Waals surface area contributed by atoms with Crippen LogP contribution in [0, 0.1) is 17.7 Å². The van der Waals surface area contributed by atoms with E-state index in [1.807, 2.05) is 0 Å². The van der Waals surface area contributed by atoms with Crippen LogP contribution >= 0.6 is 0 Å². The van der Waals surface area contributed by atoms with Crippen LogP contribution in [0.15, 0.2) is 18.2 Å². The Kier molecular flexibility index (Phi) is 3.55. The first kappa shape index (κ1) is 15.7. The highest BCUT2D eigenvalue weighted by molar-refractivity contribution is 6.08.